The zero-order valence-electron chi connectivity index (χ0n) is 21.1. The number of hydrogen-bond donors (Lipinski definition) is 2. The predicted molar refractivity (Wildman–Crippen MR) is 155 cm³/mol. The van der Waals surface area contributed by atoms with E-state index < -0.39 is 11.8 Å². The molecule has 0 bridgehead atoms. The topological polar surface area (TPSA) is 84.5 Å². The SMILES string of the molecule is COc1cccc(/C=C(\NC(=O)c2ccccc2)C(=O)Nc2ccc(C(=O)/C=C/c3cccc(Cl)c3)cc2)c1. The van der Waals surface area contributed by atoms with Crippen LogP contribution < -0.4 is 15.4 Å². The van der Waals surface area contributed by atoms with Crippen LogP contribution in [-0.2, 0) is 4.79 Å². The molecule has 4 aromatic carbocycles. The summed E-state index contributed by atoms with van der Waals surface area (Å²) in [6.07, 6.45) is 4.72. The van der Waals surface area contributed by atoms with E-state index in [2.05, 4.69) is 10.6 Å². The van der Waals surface area contributed by atoms with E-state index in [4.69, 9.17) is 16.3 Å². The van der Waals surface area contributed by atoms with Crippen LogP contribution >= 0.6 is 11.6 Å². The third kappa shape index (κ3) is 7.77. The molecule has 0 aromatic heterocycles. The molecule has 194 valence electrons. The summed E-state index contributed by atoms with van der Waals surface area (Å²) in [6, 6.07) is 29.4. The Labute approximate surface area is 231 Å². The first-order chi connectivity index (χ1) is 18.9. The van der Waals surface area contributed by atoms with Crippen LogP contribution in [0.15, 0.2) is 115 Å². The van der Waals surface area contributed by atoms with Crippen LogP contribution in [0.5, 0.6) is 5.75 Å². The molecule has 0 aliphatic carbocycles. The van der Waals surface area contributed by atoms with Crippen molar-refractivity contribution in [3.05, 3.63) is 142 Å². The fourth-order valence-corrected chi connectivity index (χ4v) is 3.83. The lowest BCUT2D eigenvalue weighted by molar-refractivity contribution is -0.113. The van der Waals surface area contributed by atoms with Crippen molar-refractivity contribution in [2.75, 3.05) is 12.4 Å². The van der Waals surface area contributed by atoms with Crippen molar-refractivity contribution in [1.29, 1.82) is 0 Å². The van der Waals surface area contributed by atoms with Crippen LogP contribution in [0.4, 0.5) is 5.69 Å². The highest BCUT2D eigenvalue weighted by molar-refractivity contribution is 6.30. The van der Waals surface area contributed by atoms with Crippen molar-refractivity contribution in [3.63, 3.8) is 0 Å². The number of allylic oxidation sites excluding steroid dienone is 1. The van der Waals surface area contributed by atoms with Gasteiger partial charge in [-0.25, -0.2) is 0 Å². The summed E-state index contributed by atoms with van der Waals surface area (Å²) in [6.45, 7) is 0. The zero-order valence-corrected chi connectivity index (χ0v) is 21.8. The first kappa shape index (κ1) is 27.1. The average Bonchev–Trinajstić information content (AvgIpc) is 2.96. The summed E-state index contributed by atoms with van der Waals surface area (Å²) in [5, 5.41) is 6.07. The number of carbonyl (C=O) groups excluding carboxylic acids is 3. The van der Waals surface area contributed by atoms with Gasteiger partial charge in [0.15, 0.2) is 5.78 Å². The Hall–Kier alpha value is -4.94. The summed E-state index contributed by atoms with van der Waals surface area (Å²) in [5.74, 6) is -0.529. The first-order valence-corrected chi connectivity index (χ1v) is 12.4. The molecule has 0 spiro atoms. The van der Waals surface area contributed by atoms with Gasteiger partial charge in [0.05, 0.1) is 7.11 Å². The van der Waals surface area contributed by atoms with E-state index in [0.29, 0.717) is 33.1 Å². The summed E-state index contributed by atoms with van der Waals surface area (Å²) < 4.78 is 5.27. The first-order valence-electron chi connectivity index (χ1n) is 12.0. The van der Waals surface area contributed by atoms with Gasteiger partial charge in [0, 0.05) is 21.8 Å². The number of benzene rings is 4. The Morgan fingerprint density at radius 1 is 0.769 bits per heavy atom. The molecule has 0 heterocycles. The summed E-state index contributed by atoms with van der Waals surface area (Å²) in [4.78, 5) is 38.6. The highest BCUT2D eigenvalue weighted by atomic mass is 35.5. The fourth-order valence-electron chi connectivity index (χ4n) is 3.64. The lowest BCUT2D eigenvalue weighted by atomic mass is 10.1. The van der Waals surface area contributed by atoms with Crippen LogP contribution in [0.1, 0.15) is 31.8 Å². The molecule has 2 amide bonds. The van der Waals surface area contributed by atoms with E-state index in [1.165, 1.54) is 6.08 Å². The molecular formula is C32H25ClN2O4. The molecule has 0 radical (unpaired) electrons. The minimum absolute atomic E-state index is 0.0433. The monoisotopic (exact) mass is 536 g/mol. The third-order valence-corrected chi connectivity index (χ3v) is 5.87. The van der Waals surface area contributed by atoms with Gasteiger partial charge in [-0.3, -0.25) is 14.4 Å². The van der Waals surface area contributed by atoms with Gasteiger partial charge in [-0.15, -0.1) is 0 Å². The maximum Gasteiger partial charge on any atom is 0.272 e. The smallest absolute Gasteiger partial charge is 0.272 e. The maximum absolute atomic E-state index is 13.2. The second-order valence-electron chi connectivity index (χ2n) is 8.44. The van der Waals surface area contributed by atoms with Gasteiger partial charge < -0.3 is 15.4 Å². The average molecular weight is 537 g/mol. The van der Waals surface area contributed by atoms with Gasteiger partial charge in [0.25, 0.3) is 11.8 Å². The molecule has 0 saturated carbocycles. The molecule has 4 aromatic rings. The van der Waals surface area contributed by atoms with Crippen LogP contribution in [0, 0.1) is 0 Å². The Bertz CT molecular complexity index is 1540. The lowest BCUT2D eigenvalue weighted by Crippen LogP contribution is -2.30. The normalized spacial score (nSPS) is 11.2. The highest BCUT2D eigenvalue weighted by Gasteiger charge is 2.15. The molecule has 0 unspecified atom stereocenters. The summed E-state index contributed by atoms with van der Waals surface area (Å²) in [5.41, 5.74) is 2.85. The predicted octanol–water partition coefficient (Wildman–Crippen LogP) is 6.65. The molecule has 0 saturated heterocycles. The highest BCUT2D eigenvalue weighted by Crippen LogP contribution is 2.18. The molecule has 6 nitrogen and oxygen atoms in total. The Morgan fingerprint density at radius 3 is 2.21 bits per heavy atom. The molecule has 0 aliphatic rings. The minimum atomic E-state index is -0.526. The maximum atomic E-state index is 13.2. The minimum Gasteiger partial charge on any atom is -0.497 e. The quantitative estimate of drug-likeness (QED) is 0.185. The number of amides is 2. The number of nitrogens with one attached hydrogen (secondary N) is 2. The van der Waals surface area contributed by atoms with Crippen molar-refractivity contribution in [1.82, 2.24) is 5.32 Å². The standard InChI is InChI=1S/C32H25ClN2O4/c1-39-28-12-6-8-23(20-28)21-29(35-31(37)25-9-3-2-4-10-25)32(38)34-27-16-14-24(15-17-27)30(36)18-13-22-7-5-11-26(33)19-22/h2-21H,1H3,(H,34,38)(H,35,37)/b18-13+,29-21-. The van der Waals surface area contributed by atoms with Crippen molar-refractivity contribution < 1.29 is 19.1 Å². The van der Waals surface area contributed by atoms with Crippen molar-refractivity contribution >= 4 is 47.0 Å². The number of anilines is 1. The van der Waals surface area contributed by atoms with Gasteiger partial charge in [0.2, 0.25) is 0 Å². The number of hydrogen-bond acceptors (Lipinski definition) is 4. The number of ether oxygens (including phenoxy) is 1. The Morgan fingerprint density at radius 2 is 1.49 bits per heavy atom. The Balaban J connectivity index is 1.50. The molecule has 0 fully saturated rings. The van der Waals surface area contributed by atoms with Crippen molar-refractivity contribution in [3.8, 4) is 5.75 Å². The van der Waals surface area contributed by atoms with E-state index in [9.17, 15) is 14.4 Å². The summed E-state index contributed by atoms with van der Waals surface area (Å²) in [7, 11) is 1.55. The van der Waals surface area contributed by atoms with Gasteiger partial charge in [0.1, 0.15) is 11.4 Å². The number of methoxy groups -OCH3 is 1. The van der Waals surface area contributed by atoms with Gasteiger partial charge in [-0.05, 0) is 83.9 Å². The van der Waals surface area contributed by atoms with Crippen molar-refractivity contribution in [2.45, 2.75) is 0 Å². The van der Waals surface area contributed by atoms with E-state index in [1.54, 1.807) is 110 Å². The second-order valence-corrected chi connectivity index (χ2v) is 8.88. The molecule has 39 heavy (non-hydrogen) atoms. The number of rotatable bonds is 9. The van der Waals surface area contributed by atoms with E-state index in [-0.39, 0.29) is 11.5 Å². The van der Waals surface area contributed by atoms with Gasteiger partial charge in [-0.2, -0.15) is 0 Å². The molecule has 0 atom stereocenters. The largest absolute Gasteiger partial charge is 0.497 e. The molecular weight excluding hydrogens is 512 g/mol. The number of ketones is 1. The fraction of sp³-hybridized carbons (Fsp3) is 0.0312. The van der Waals surface area contributed by atoms with Crippen LogP contribution in [0.2, 0.25) is 5.02 Å². The summed E-state index contributed by atoms with van der Waals surface area (Å²) >= 11 is 5.99. The Kier molecular flexibility index (Phi) is 9.06. The van der Waals surface area contributed by atoms with E-state index >= 15 is 0 Å². The number of carbonyl (C=O) groups is 3. The number of halogens is 1. The van der Waals surface area contributed by atoms with Crippen LogP contribution in [-0.4, -0.2) is 24.7 Å². The second kappa shape index (κ2) is 13.0. The van der Waals surface area contributed by atoms with E-state index in [0.717, 1.165) is 5.56 Å². The van der Waals surface area contributed by atoms with E-state index in [1.807, 2.05) is 12.1 Å². The lowest BCUT2D eigenvalue weighted by Gasteiger charge is -2.12. The molecule has 4 rings (SSSR count). The third-order valence-electron chi connectivity index (χ3n) is 5.64. The van der Waals surface area contributed by atoms with Gasteiger partial charge >= 0.3 is 0 Å². The van der Waals surface area contributed by atoms with Crippen LogP contribution in [0.3, 0.4) is 0 Å². The molecule has 0 aliphatic heterocycles. The van der Waals surface area contributed by atoms with Crippen molar-refractivity contribution in [2.24, 2.45) is 0 Å². The molecule has 2 N–H and O–H groups in total. The zero-order chi connectivity index (χ0) is 27.6. The molecule has 7 heteroatoms. The van der Waals surface area contributed by atoms with Gasteiger partial charge in [-0.1, -0.05) is 60.1 Å². The van der Waals surface area contributed by atoms with Crippen LogP contribution in [0.25, 0.3) is 12.2 Å².